The molecule has 3 fully saturated rings. The summed E-state index contributed by atoms with van der Waals surface area (Å²) < 4.78 is 58.8. The van der Waals surface area contributed by atoms with Gasteiger partial charge in [-0.15, -0.1) is 0 Å². The lowest BCUT2D eigenvalue weighted by Gasteiger charge is -2.33. The second-order valence-electron chi connectivity index (χ2n) is 12.8. The van der Waals surface area contributed by atoms with Crippen molar-refractivity contribution in [3.8, 4) is 28.9 Å². The number of anilines is 1. The number of aryl methyl sites for hydroxylation is 1. The van der Waals surface area contributed by atoms with Gasteiger partial charge in [0.15, 0.2) is 5.82 Å². The van der Waals surface area contributed by atoms with E-state index in [1.54, 1.807) is 6.07 Å². The molecular weight excluding hydrogens is 571 g/mol. The zero-order valence-corrected chi connectivity index (χ0v) is 24.8. The first-order valence-corrected chi connectivity index (χ1v) is 15.5. The van der Waals surface area contributed by atoms with E-state index in [9.17, 15) is 9.50 Å². The maximum atomic E-state index is 16.9. The number of hydrogen-bond donors (Lipinski definition) is 1. The highest BCUT2D eigenvalue weighted by Crippen LogP contribution is 2.50. The van der Waals surface area contributed by atoms with E-state index in [2.05, 4.69) is 19.8 Å². The van der Waals surface area contributed by atoms with E-state index < -0.39 is 23.3 Å². The number of phenolic OH excluding ortho intramolecular Hbond substituents is 1. The highest BCUT2D eigenvalue weighted by molar-refractivity contribution is 6.03. The molecule has 0 unspecified atom stereocenters. The molecule has 44 heavy (non-hydrogen) atoms. The van der Waals surface area contributed by atoms with Crippen molar-refractivity contribution >= 4 is 27.5 Å². The second kappa shape index (κ2) is 9.82. The summed E-state index contributed by atoms with van der Waals surface area (Å²) in [5, 5.41) is 12.0. The highest BCUT2D eigenvalue weighted by Gasteiger charge is 2.50. The van der Waals surface area contributed by atoms with Gasteiger partial charge in [-0.1, -0.05) is 13.0 Å². The Morgan fingerprint density at radius 2 is 1.93 bits per heavy atom. The Bertz CT molecular complexity index is 1830. The van der Waals surface area contributed by atoms with Gasteiger partial charge in [-0.2, -0.15) is 9.97 Å². The number of fused-ring (bicyclic) bond motifs is 2. The van der Waals surface area contributed by atoms with Gasteiger partial charge in [0.25, 0.3) is 0 Å². The minimum absolute atomic E-state index is 0.00214. The van der Waals surface area contributed by atoms with E-state index in [1.807, 2.05) is 14.0 Å². The molecule has 8 rings (SSSR count). The van der Waals surface area contributed by atoms with Gasteiger partial charge in [-0.25, -0.2) is 18.2 Å². The van der Waals surface area contributed by atoms with Crippen molar-refractivity contribution in [3.05, 3.63) is 41.5 Å². The van der Waals surface area contributed by atoms with Crippen molar-refractivity contribution in [1.29, 1.82) is 0 Å². The molecular formula is C33H34F3N5O3. The van der Waals surface area contributed by atoms with Crippen LogP contribution in [-0.4, -0.2) is 75.6 Å². The van der Waals surface area contributed by atoms with E-state index in [1.165, 1.54) is 18.2 Å². The third-order valence-electron chi connectivity index (χ3n) is 10.4. The summed E-state index contributed by atoms with van der Waals surface area (Å²) in [6.07, 6.45) is 4.25. The summed E-state index contributed by atoms with van der Waals surface area (Å²) in [5.74, 6) is -0.631. The van der Waals surface area contributed by atoms with Crippen LogP contribution in [0.15, 0.2) is 24.3 Å². The van der Waals surface area contributed by atoms with Crippen LogP contribution in [0.25, 0.3) is 32.9 Å². The normalized spacial score (nSPS) is 24.0. The van der Waals surface area contributed by atoms with Crippen molar-refractivity contribution in [3.63, 3.8) is 0 Å². The van der Waals surface area contributed by atoms with E-state index in [4.69, 9.17) is 14.5 Å². The van der Waals surface area contributed by atoms with Crippen LogP contribution in [0.3, 0.4) is 0 Å². The van der Waals surface area contributed by atoms with Crippen LogP contribution in [0.5, 0.6) is 17.6 Å². The first-order chi connectivity index (χ1) is 21.2. The highest BCUT2D eigenvalue weighted by atomic mass is 19.1. The molecule has 230 valence electrons. The first-order valence-electron chi connectivity index (χ1n) is 15.5. The smallest absolute Gasteiger partial charge is 0.319 e. The molecule has 2 aromatic carbocycles. The van der Waals surface area contributed by atoms with Gasteiger partial charge in [0.1, 0.15) is 46.8 Å². The molecule has 1 spiro atoms. The van der Waals surface area contributed by atoms with Gasteiger partial charge >= 0.3 is 6.01 Å². The standard InChI is InChI=1S/C33H34F3N5O3/c1-3-21-23(35)6-5-18-13-20(42)14-22(24(18)21)27-26(36)28-25-29(40(2)32(8-9-32)10-12-43-30(25)37-27)39-31(38-28)44-17-33-7-4-11-41(33)16-19(34)15-33/h5-6,13-14,19,42H,3-4,7-12,15-17H2,1-2H3/t19-,33+/m1/s1. The zero-order valence-electron chi connectivity index (χ0n) is 24.8. The lowest BCUT2D eigenvalue weighted by molar-refractivity contribution is 0.107. The summed E-state index contributed by atoms with van der Waals surface area (Å²) >= 11 is 0. The van der Waals surface area contributed by atoms with Crippen LogP contribution < -0.4 is 14.4 Å². The maximum absolute atomic E-state index is 16.9. The molecule has 2 atom stereocenters. The third-order valence-corrected chi connectivity index (χ3v) is 10.4. The molecule has 4 aliphatic rings. The molecule has 0 bridgehead atoms. The lowest BCUT2D eigenvalue weighted by atomic mass is 9.94. The van der Waals surface area contributed by atoms with Crippen LogP contribution in [-0.2, 0) is 6.42 Å². The number of hydrogen-bond acceptors (Lipinski definition) is 8. The van der Waals surface area contributed by atoms with Crippen molar-refractivity contribution in [2.45, 2.75) is 69.1 Å². The summed E-state index contributed by atoms with van der Waals surface area (Å²) in [5.41, 5.74) is -0.0826. The van der Waals surface area contributed by atoms with E-state index in [0.29, 0.717) is 53.5 Å². The minimum atomic E-state index is -0.911. The Morgan fingerprint density at radius 1 is 1.09 bits per heavy atom. The van der Waals surface area contributed by atoms with Gasteiger partial charge in [0.2, 0.25) is 5.88 Å². The van der Waals surface area contributed by atoms with E-state index in [0.717, 1.165) is 38.6 Å². The predicted octanol–water partition coefficient (Wildman–Crippen LogP) is 6.10. The lowest BCUT2D eigenvalue weighted by Crippen LogP contribution is -2.43. The van der Waals surface area contributed by atoms with E-state index >= 15 is 8.78 Å². The molecule has 1 saturated carbocycles. The molecule has 11 heteroatoms. The van der Waals surface area contributed by atoms with Crippen LogP contribution in [0, 0.1) is 11.6 Å². The zero-order chi connectivity index (χ0) is 30.4. The van der Waals surface area contributed by atoms with Crippen molar-refractivity contribution < 1.29 is 27.8 Å². The van der Waals surface area contributed by atoms with Gasteiger partial charge in [0.05, 0.1) is 12.1 Å². The van der Waals surface area contributed by atoms with Crippen LogP contribution >= 0.6 is 0 Å². The monoisotopic (exact) mass is 605 g/mol. The molecule has 0 radical (unpaired) electrons. The minimum Gasteiger partial charge on any atom is -0.508 e. The Kier molecular flexibility index (Phi) is 6.18. The summed E-state index contributed by atoms with van der Waals surface area (Å²) in [4.78, 5) is 18.3. The second-order valence-corrected chi connectivity index (χ2v) is 12.8. The largest absolute Gasteiger partial charge is 0.508 e. The molecule has 8 nitrogen and oxygen atoms in total. The molecule has 0 amide bonds. The van der Waals surface area contributed by atoms with Crippen LogP contribution in [0.1, 0.15) is 51.0 Å². The summed E-state index contributed by atoms with van der Waals surface area (Å²) in [7, 11) is 1.95. The number of ether oxygens (including phenoxy) is 2. The molecule has 5 heterocycles. The molecule has 1 aliphatic carbocycles. The molecule has 4 aromatic rings. The number of nitrogens with zero attached hydrogens (tertiary/aromatic N) is 5. The Hall–Kier alpha value is -3.86. The molecule has 2 aromatic heterocycles. The Balaban J connectivity index is 1.33. The van der Waals surface area contributed by atoms with Crippen LogP contribution in [0.2, 0.25) is 0 Å². The SMILES string of the molecule is CCc1c(F)ccc2cc(O)cc(-c3nc4c5c(nc(OC[C@@]67CCCN6C[C@H](F)C7)nc5c3F)N(C)C3(CCO4)CC3)c12. The maximum Gasteiger partial charge on any atom is 0.319 e. The number of rotatable bonds is 5. The number of aromatic hydroxyl groups is 1. The average molecular weight is 606 g/mol. The van der Waals surface area contributed by atoms with Crippen molar-refractivity contribution in [1.82, 2.24) is 19.9 Å². The third kappa shape index (κ3) is 4.11. The summed E-state index contributed by atoms with van der Waals surface area (Å²) in [6, 6.07) is 5.85. The summed E-state index contributed by atoms with van der Waals surface area (Å²) in [6.45, 7) is 3.61. The number of alkyl halides is 1. The topological polar surface area (TPSA) is 83.8 Å². The number of phenols is 1. The predicted molar refractivity (Wildman–Crippen MR) is 160 cm³/mol. The van der Waals surface area contributed by atoms with Crippen molar-refractivity contribution in [2.24, 2.45) is 0 Å². The van der Waals surface area contributed by atoms with Gasteiger partial charge in [0, 0.05) is 37.5 Å². The van der Waals surface area contributed by atoms with Gasteiger partial charge in [-0.05, 0) is 73.2 Å². The fraction of sp³-hybridized carbons (Fsp3) is 0.485. The van der Waals surface area contributed by atoms with Crippen LogP contribution in [0.4, 0.5) is 19.0 Å². The fourth-order valence-electron chi connectivity index (χ4n) is 7.83. The first kappa shape index (κ1) is 27.7. The Morgan fingerprint density at radius 3 is 2.73 bits per heavy atom. The average Bonchev–Trinajstić information content (AvgIpc) is 3.60. The Labute approximate surface area is 252 Å². The molecule has 1 N–H and O–H groups in total. The fourth-order valence-corrected chi connectivity index (χ4v) is 7.83. The van der Waals surface area contributed by atoms with Crippen molar-refractivity contribution in [2.75, 3.05) is 38.3 Å². The molecule has 3 aliphatic heterocycles. The number of aromatic nitrogens is 3. The van der Waals surface area contributed by atoms with Gasteiger partial charge < -0.3 is 19.5 Å². The number of benzene rings is 2. The molecule has 2 saturated heterocycles. The van der Waals surface area contributed by atoms with Gasteiger partial charge in [-0.3, -0.25) is 4.90 Å². The van der Waals surface area contributed by atoms with E-state index in [-0.39, 0.29) is 46.6 Å². The number of pyridine rings is 1. The number of halogens is 3. The quantitative estimate of drug-likeness (QED) is 0.292.